The molecule has 0 unspecified atom stereocenters. The Labute approximate surface area is 72.5 Å². The normalized spacial score (nSPS) is 0.667. The first-order valence-corrected chi connectivity index (χ1v) is 0.200. The molecule has 0 aliphatic heterocycles. The molecule has 0 amide bonds. The molecule has 0 spiro atoms. The van der Waals surface area contributed by atoms with Gasteiger partial charge in [-0.3, -0.25) is 10.5 Å². The van der Waals surface area contributed by atoms with Crippen LogP contribution in [-0.2, 0) is 50.6 Å². The van der Waals surface area contributed by atoms with Crippen molar-refractivity contribution in [3.63, 3.8) is 0 Å². The summed E-state index contributed by atoms with van der Waals surface area (Å²) in [6, 6.07) is 0. The fraction of sp³-hybridized carbons (Fsp3) is 0. The zero-order valence-corrected chi connectivity index (χ0v) is 6.03. The van der Waals surface area contributed by atoms with Gasteiger partial charge in [0.1, 0.15) is 0 Å². The minimum absolute atomic E-state index is 0. The van der Waals surface area contributed by atoms with Crippen LogP contribution >= 0.6 is 0 Å². The fourth-order valence-corrected chi connectivity index (χ4v) is 0. The molecule has 6 N–H and O–H groups in total. The summed E-state index contributed by atoms with van der Waals surface area (Å²) in [5, 5.41) is 12.0. The maximum atomic E-state index is 6.00. The van der Waals surface area contributed by atoms with E-state index in [0.717, 1.165) is 0 Å². The van der Waals surface area contributed by atoms with Gasteiger partial charge in [-0.2, -0.15) is 0 Å². The molecular formula is H6Fe2O7. The van der Waals surface area contributed by atoms with Crippen LogP contribution < -0.4 is 0 Å². The molecule has 0 aromatic rings. The predicted octanol–water partition coefficient (Wildman–Crippen LogP) is -1.99. The summed E-state index contributed by atoms with van der Waals surface area (Å²) in [6.45, 7) is 0. The van der Waals surface area contributed by atoms with Gasteiger partial charge in [-0.15, -0.1) is 0 Å². The van der Waals surface area contributed by atoms with E-state index in [0.29, 0.717) is 0 Å². The van der Waals surface area contributed by atoms with E-state index in [1.165, 1.54) is 0 Å². The van der Waals surface area contributed by atoms with Gasteiger partial charge in [0.2, 0.25) is 0 Å². The van der Waals surface area contributed by atoms with E-state index in [1.807, 2.05) is 0 Å². The van der Waals surface area contributed by atoms with Crippen molar-refractivity contribution in [2.75, 3.05) is 0 Å². The molecule has 0 aliphatic rings. The smallest absolute Gasteiger partial charge is 2.00 e. The van der Waals surface area contributed by atoms with Gasteiger partial charge < -0.3 is 27.4 Å². The van der Waals surface area contributed by atoms with E-state index in [1.54, 1.807) is 0 Å². The summed E-state index contributed by atoms with van der Waals surface area (Å²) in [6.07, 6.45) is 0. The van der Waals surface area contributed by atoms with Crippen LogP contribution in [0.5, 0.6) is 0 Å². The summed E-state index contributed by atoms with van der Waals surface area (Å²) < 4.78 is 0. The molecule has 0 bridgehead atoms. The monoisotopic (exact) mass is 230 g/mol. The van der Waals surface area contributed by atoms with Gasteiger partial charge in [-0.1, -0.05) is 0 Å². The standard InChI is InChI=1S/2Fe.H2O2.2H2O.3O/c;;1-2;;;;;/h;;1-2H;2*1H2;;;/q2*+3;;;;3*-2. The Bertz CT molecular complexity index is 6.88. The molecule has 7 nitrogen and oxygen atoms in total. The largest absolute Gasteiger partial charge is 3.00 e. The van der Waals surface area contributed by atoms with Crippen molar-refractivity contribution in [2.45, 2.75) is 0 Å². The van der Waals surface area contributed by atoms with Crippen LogP contribution in [0.4, 0.5) is 0 Å². The summed E-state index contributed by atoms with van der Waals surface area (Å²) in [5.41, 5.74) is 0. The zero-order chi connectivity index (χ0) is 2.00. The summed E-state index contributed by atoms with van der Waals surface area (Å²) >= 11 is 0. The van der Waals surface area contributed by atoms with Gasteiger partial charge in [0.15, 0.2) is 0 Å². The van der Waals surface area contributed by atoms with Crippen molar-refractivity contribution in [1.29, 1.82) is 0 Å². The van der Waals surface area contributed by atoms with Crippen LogP contribution in [0.2, 0.25) is 0 Å². The third kappa shape index (κ3) is 695. The first-order chi connectivity index (χ1) is 1.00. The van der Waals surface area contributed by atoms with E-state index in [-0.39, 0.29) is 61.5 Å². The first kappa shape index (κ1) is 242. The van der Waals surface area contributed by atoms with Crippen LogP contribution in [0.1, 0.15) is 0 Å². The molecule has 9 heteroatoms. The number of rotatable bonds is 0. The van der Waals surface area contributed by atoms with Gasteiger partial charge in [-0.25, -0.2) is 0 Å². The first-order valence-electron chi connectivity index (χ1n) is 0.200. The van der Waals surface area contributed by atoms with Crippen LogP contribution in [0.25, 0.3) is 0 Å². The maximum Gasteiger partial charge on any atom is 3.00 e. The maximum absolute atomic E-state index is 6.00. The molecule has 64 valence electrons. The second-order valence-electron chi connectivity index (χ2n) is 0. The minimum atomic E-state index is 0. The summed E-state index contributed by atoms with van der Waals surface area (Å²) in [5.74, 6) is 0. The molecule has 2 radical (unpaired) electrons. The fourth-order valence-electron chi connectivity index (χ4n) is 0. The Morgan fingerprint density at radius 2 is 0.556 bits per heavy atom. The van der Waals surface area contributed by atoms with Gasteiger partial charge in [0.25, 0.3) is 0 Å². The molecule has 0 saturated carbocycles. The van der Waals surface area contributed by atoms with Crippen LogP contribution in [0.15, 0.2) is 0 Å². The predicted molar refractivity (Wildman–Crippen MR) is 14.5 cm³/mol. The van der Waals surface area contributed by atoms with Crippen molar-refractivity contribution in [3.05, 3.63) is 0 Å². The average Bonchev–Trinajstić information content (AvgIpc) is 1.00. The molecule has 0 fully saturated rings. The summed E-state index contributed by atoms with van der Waals surface area (Å²) in [7, 11) is 0. The van der Waals surface area contributed by atoms with E-state index in [9.17, 15) is 0 Å². The van der Waals surface area contributed by atoms with E-state index in [2.05, 4.69) is 0 Å². The zero-order valence-electron chi connectivity index (χ0n) is 3.83. The second-order valence-corrected chi connectivity index (χ2v) is 0. The van der Waals surface area contributed by atoms with Crippen molar-refractivity contribution in [2.24, 2.45) is 0 Å². The average molecular weight is 230 g/mol. The Morgan fingerprint density at radius 1 is 0.556 bits per heavy atom. The van der Waals surface area contributed by atoms with E-state index >= 15 is 0 Å². The number of hydrogen-bond donors (Lipinski definition) is 2. The van der Waals surface area contributed by atoms with Crippen LogP contribution in [0.3, 0.4) is 0 Å². The van der Waals surface area contributed by atoms with Gasteiger partial charge in [0, 0.05) is 0 Å². The Kier molecular flexibility index (Phi) is 24600. The molecule has 0 heterocycles. The van der Waals surface area contributed by atoms with E-state index < -0.39 is 0 Å². The van der Waals surface area contributed by atoms with Gasteiger partial charge in [-0.05, 0) is 0 Å². The second kappa shape index (κ2) is 915. The number of hydrogen-bond acceptors (Lipinski definition) is 2. The Morgan fingerprint density at radius 3 is 0.556 bits per heavy atom. The topological polar surface area (TPSA) is 189 Å². The Hall–Kier alpha value is 0.759. The molecule has 0 rings (SSSR count). The van der Waals surface area contributed by atoms with Crippen LogP contribution in [-0.4, -0.2) is 21.5 Å². The van der Waals surface area contributed by atoms with Gasteiger partial charge >= 0.3 is 34.1 Å². The summed E-state index contributed by atoms with van der Waals surface area (Å²) in [4.78, 5) is 0. The molecule has 0 atom stereocenters. The van der Waals surface area contributed by atoms with Crippen molar-refractivity contribution < 1.29 is 72.0 Å². The molecule has 0 aromatic carbocycles. The molecule has 0 saturated heterocycles. The quantitative estimate of drug-likeness (QED) is 0.276. The molecule has 0 aliphatic carbocycles. The molecule has 0 aromatic heterocycles. The van der Waals surface area contributed by atoms with Crippen molar-refractivity contribution in [3.8, 4) is 0 Å². The SMILES string of the molecule is O.O.OO.[Fe+3].[Fe+3].[O-2].[O-2].[O-2]. The van der Waals surface area contributed by atoms with Crippen molar-refractivity contribution in [1.82, 2.24) is 0 Å². The van der Waals surface area contributed by atoms with Crippen molar-refractivity contribution >= 4 is 0 Å². The van der Waals surface area contributed by atoms with Gasteiger partial charge in [0.05, 0.1) is 0 Å². The third-order valence-electron chi connectivity index (χ3n) is 0. The minimum Gasteiger partial charge on any atom is -2.00 e. The molecule has 9 heavy (non-hydrogen) atoms. The van der Waals surface area contributed by atoms with Crippen LogP contribution in [0, 0.1) is 0 Å². The Balaban J connectivity index is -0.000000000238. The molecular weight excluding hydrogens is 224 g/mol. The van der Waals surface area contributed by atoms with E-state index in [4.69, 9.17) is 10.5 Å². The third-order valence-corrected chi connectivity index (χ3v) is 0.